The fraction of sp³-hybridized carbons (Fsp3) is 0.810. The molecule has 0 spiro atoms. The van der Waals surface area contributed by atoms with Crippen molar-refractivity contribution in [3.63, 3.8) is 0 Å². The van der Waals surface area contributed by atoms with Crippen molar-refractivity contribution in [3.8, 4) is 0 Å². The lowest BCUT2D eigenvalue weighted by molar-refractivity contribution is -0.143. The second-order valence-corrected chi connectivity index (χ2v) is 6.69. The van der Waals surface area contributed by atoms with Crippen molar-refractivity contribution < 1.29 is 33.4 Å². The van der Waals surface area contributed by atoms with E-state index in [1.807, 2.05) is 20.8 Å². The number of ether oxygens (including phenoxy) is 3. The van der Waals surface area contributed by atoms with E-state index in [0.29, 0.717) is 24.7 Å². The van der Waals surface area contributed by atoms with Gasteiger partial charge in [-0.15, -0.1) is 0 Å². The van der Waals surface area contributed by atoms with Gasteiger partial charge in [0.25, 0.3) is 0 Å². The van der Waals surface area contributed by atoms with Crippen molar-refractivity contribution in [1.29, 1.82) is 0 Å². The Kier molecular flexibility index (Phi) is 19.1. The van der Waals surface area contributed by atoms with Crippen LogP contribution in [0.1, 0.15) is 60.3 Å². The first-order chi connectivity index (χ1) is 14.2. The molecule has 1 fully saturated rings. The molecule has 0 radical (unpaired) electrons. The Morgan fingerprint density at radius 1 is 1.03 bits per heavy atom. The zero-order valence-electron chi connectivity index (χ0n) is 19.6. The van der Waals surface area contributed by atoms with Gasteiger partial charge in [0, 0.05) is 28.0 Å². The van der Waals surface area contributed by atoms with E-state index in [-0.39, 0.29) is 18.9 Å². The SMILES string of the molecule is CC.CC(=O)N(CC=O)C(C)=O.CNC(=O)OCC1CCC(COC(C)OC)CC1. The van der Waals surface area contributed by atoms with Crippen molar-refractivity contribution in [1.82, 2.24) is 10.2 Å². The molecule has 1 unspecified atom stereocenters. The van der Waals surface area contributed by atoms with Gasteiger partial charge in [-0.2, -0.15) is 0 Å². The fourth-order valence-electron chi connectivity index (χ4n) is 2.72. The van der Waals surface area contributed by atoms with E-state index in [2.05, 4.69) is 5.32 Å². The number of imide groups is 1. The lowest BCUT2D eigenvalue weighted by atomic mass is 9.83. The van der Waals surface area contributed by atoms with Crippen molar-refractivity contribution >= 4 is 24.2 Å². The molecule has 0 aromatic carbocycles. The zero-order valence-corrected chi connectivity index (χ0v) is 19.6. The van der Waals surface area contributed by atoms with Gasteiger partial charge in [-0.05, 0) is 44.4 Å². The first-order valence-electron chi connectivity index (χ1n) is 10.5. The first-order valence-corrected chi connectivity index (χ1v) is 10.5. The number of hydrogen-bond acceptors (Lipinski definition) is 7. The molecule has 1 saturated carbocycles. The second-order valence-electron chi connectivity index (χ2n) is 6.69. The summed E-state index contributed by atoms with van der Waals surface area (Å²) >= 11 is 0. The molecule has 1 atom stereocenters. The number of nitrogens with zero attached hydrogens (tertiary/aromatic N) is 1. The maximum atomic E-state index is 11.0. The summed E-state index contributed by atoms with van der Waals surface area (Å²) in [6.45, 7) is 9.53. The number of nitrogens with one attached hydrogen (secondary N) is 1. The van der Waals surface area contributed by atoms with Crippen LogP contribution in [-0.4, -0.2) is 69.3 Å². The third-order valence-corrected chi connectivity index (χ3v) is 4.54. The molecule has 0 aliphatic heterocycles. The van der Waals surface area contributed by atoms with Gasteiger partial charge in [0.2, 0.25) is 11.8 Å². The van der Waals surface area contributed by atoms with Gasteiger partial charge in [-0.1, -0.05) is 13.8 Å². The minimum Gasteiger partial charge on any atom is -0.449 e. The molecule has 9 nitrogen and oxygen atoms in total. The number of amides is 3. The third-order valence-electron chi connectivity index (χ3n) is 4.54. The maximum absolute atomic E-state index is 11.0. The smallest absolute Gasteiger partial charge is 0.406 e. The van der Waals surface area contributed by atoms with Gasteiger partial charge >= 0.3 is 6.09 Å². The van der Waals surface area contributed by atoms with Crippen LogP contribution in [0.5, 0.6) is 0 Å². The Morgan fingerprint density at radius 3 is 1.83 bits per heavy atom. The number of alkyl carbamates (subject to hydrolysis) is 1. The zero-order chi connectivity index (χ0) is 23.5. The lowest BCUT2D eigenvalue weighted by Crippen LogP contribution is -2.34. The predicted octanol–water partition coefficient (Wildman–Crippen LogP) is 2.76. The van der Waals surface area contributed by atoms with Crippen molar-refractivity contribution in [2.24, 2.45) is 11.8 Å². The third kappa shape index (κ3) is 14.9. The van der Waals surface area contributed by atoms with E-state index in [0.717, 1.165) is 37.2 Å². The Labute approximate surface area is 180 Å². The van der Waals surface area contributed by atoms with E-state index in [4.69, 9.17) is 14.2 Å². The summed E-state index contributed by atoms with van der Waals surface area (Å²) < 4.78 is 15.7. The summed E-state index contributed by atoms with van der Waals surface area (Å²) in [5, 5.41) is 2.46. The normalized spacial score (nSPS) is 18.4. The van der Waals surface area contributed by atoms with Gasteiger partial charge in [-0.25, -0.2) is 4.79 Å². The minimum absolute atomic E-state index is 0.126. The average Bonchev–Trinajstić information content (AvgIpc) is 2.76. The van der Waals surface area contributed by atoms with Crippen LogP contribution in [0.4, 0.5) is 4.79 Å². The van der Waals surface area contributed by atoms with E-state index >= 15 is 0 Å². The number of aldehydes is 1. The monoisotopic (exact) mass is 432 g/mol. The quantitative estimate of drug-likeness (QED) is 0.464. The van der Waals surface area contributed by atoms with Gasteiger partial charge in [0.15, 0.2) is 6.29 Å². The van der Waals surface area contributed by atoms with Gasteiger partial charge < -0.3 is 24.3 Å². The lowest BCUT2D eigenvalue weighted by Gasteiger charge is -2.28. The second kappa shape index (κ2) is 19.0. The first kappa shape index (κ1) is 30.2. The van der Waals surface area contributed by atoms with Crippen LogP contribution in [-0.2, 0) is 28.6 Å². The van der Waals surface area contributed by atoms with E-state index < -0.39 is 11.8 Å². The highest BCUT2D eigenvalue weighted by Gasteiger charge is 2.22. The summed E-state index contributed by atoms with van der Waals surface area (Å²) in [7, 11) is 3.23. The molecule has 0 aromatic rings. The average molecular weight is 433 g/mol. The van der Waals surface area contributed by atoms with Crippen LogP contribution in [0.3, 0.4) is 0 Å². The Hall–Kier alpha value is -2.00. The highest BCUT2D eigenvalue weighted by molar-refractivity contribution is 5.94. The van der Waals surface area contributed by atoms with Gasteiger partial charge in [0.1, 0.15) is 6.29 Å². The Bertz CT molecular complexity index is 478. The molecule has 0 heterocycles. The maximum Gasteiger partial charge on any atom is 0.406 e. The van der Waals surface area contributed by atoms with Gasteiger partial charge in [-0.3, -0.25) is 14.5 Å². The van der Waals surface area contributed by atoms with Crippen LogP contribution in [0.2, 0.25) is 0 Å². The number of carbonyl (C=O) groups excluding carboxylic acids is 4. The summed E-state index contributed by atoms with van der Waals surface area (Å²) in [6.07, 6.45) is 4.53. The number of methoxy groups -OCH3 is 1. The van der Waals surface area contributed by atoms with E-state index in [1.54, 1.807) is 14.2 Å². The molecule has 0 saturated heterocycles. The molecule has 9 heteroatoms. The molecule has 0 bridgehead atoms. The molecule has 176 valence electrons. The highest BCUT2D eigenvalue weighted by Crippen LogP contribution is 2.29. The highest BCUT2D eigenvalue weighted by atomic mass is 16.7. The molecule has 1 aliphatic carbocycles. The summed E-state index contributed by atoms with van der Waals surface area (Å²) in [5.74, 6) is 0.302. The molecule has 1 N–H and O–H groups in total. The van der Waals surface area contributed by atoms with Crippen molar-refractivity contribution in [3.05, 3.63) is 0 Å². The van der Waals surface area contributed by atoms with Crippen LogP contribution < -0.4 is 5.32 Å². The van der Waals surface area contributed by atoms with Crippen LogP contribution in [0.25, 0.3) is 0 Å². The molecule has 30 heavy (non-hydrogen) atoms. The van der Waals surface area contributed by atoms with E-state index in [9.17, 15) is 19.2 Å². The Morgan fingerprint density at radius 2 is 1.50 bits per heavy atom. The van der Waals surface area contributed by atoms with E-state index in [1.165, 1.54) is 13.8 Å². The number of carbonyl (C=O) groups is 4. The Balaban J connectivity index is 0. The number of rotatable bonds is 8. The minimum atomic E-state index is -0.403. The molecule has 1 rings (SSSR count). The van der Waals surface area contributed by atoms with Crippen molar-refractivity contribution in [2.45, 2.75) is 66.6 Å². The molecule has 0 aromatic heterocycles. The largest absolute Gasteiger partial charge is 0.449 e. The standard InChI is InChI=1S/C13H25NO4.C6H9NO3.C2H6/c1-10(16-3)17-8-11-4-6-12(7-5-11)9-18-13(15)14-2;1-5(9)7(3-4-8)6(2)10;1-2/h10-12H,4-9H2,1-3H3,(H,14,15);4H,3H2,1-2H3;1-2H3. The molecular formula is C21H40N2O7. The molecule has 3 amide bonds. The van der Waals surface area contributed by atoms with Crippen LogP contribution >= 0.6 is 0 Å². The topological polar surface area (TPSA) is 111 Å². The predicted molar refractivity (Wildman–Crippen MR) is 114 cm³/mol. The molecule has 1 aliphatic rings. The summed E-state index contributed by atoms with van der Waals surface area (Å²) in [5.41, 5.74) is 0. The van der Waals surface area contributed by atoms with Crippen LogP contribution in [0, 0.1) is 11.8 Å². The molecular weight excluding hydrogens is 392 g/mol. The van der Waals surface area contributed by atoms with Crippen molar-refractivity contribution in [2.75, 3.05) is 33.9 Å². The summed E-state index contributed by atoms with van der Waals surface area (Å²) in [6, 6.07) is 0. The number of hydrogen-bond donors (Lipinski definition) is 1. The summed E-state index contributed by atoms with van der Waals surface area (Å²) in [4.78, 5) is 42.8. The fourth-order valence-corrected chi connectivity index (χ4v) is 2.72. The van der Waals surface area contributed by atoms with Crippen LogP contribution in [0.15, 0.2) is 0 Å². The van der Waals surface area contributed by atoms with Gasteiger partial charge in [0.05, 0.1) is 19.8 Å².